The van der Waals surface area contributed by atoms with Crippen molar-refractivity contribution in [2.45, 2.75) is 6.92 Å². The highest BCUT2D eigenvalue weighted by atomic mass is 35.5. The van der Waals surface area contributed by atoms with E-state index in [0.29, 0.717) is 5.56 Å². The Labute approximate surface area is 81.1 Å². The summed E-state index contributed by atoms with van der Waals surface area (Å²) in [4.78, 5) is 10.9. The Hall–Kier alpha value is -0.835. The minimum absolute atomic E-state index is 0.110. The predicted octanol–water partition coefficient (Wildman–Crippen LogP) is 0.222. The van der Waals surface area contributed by atoms with E-state index in [1.807, 2.05) is 0 Å². The number of carbonyl (C=O) groups is 1. The van der Waals surface area contributed by atoms with Crippen LogP contribution in [-0.4, -0.2) is 22.9 Å². The number of benzene rings is 1. The van der Waals surface area contributed by atoms with Gasteiger partial charge in [0.2, 0.25) is 0 Å². The number of Topliss-reactive ketones (excluding diaryl/α,β-unsaturated/α-hetero) is 1. The first kappa shape index (κ1) is 10.2. The first-order valence-electron chi connectivity index (χ1n) is 3.69. The standard InChI is InChI=1S/C8H8BClO3/c1-5(11)6-2-3-7(9(12)13)8(10)4-6/h2-4,12-13H,1H3. The lowest BCUT2D eigenvalue weighted by molar-refractivity contribution is 0.101. The van der Waals surface area contributed by atoms with Gasteiger partial charge in [-0.3, -0.25) is 4.79 Å². The van der Waals surface area contributed by atoms with Crippen LogP contribution in [0.5, 0.6) is 0 Å². The van der Waals surface area contributed by atoms with Gasteiger partial charge in [0.1, 0.15) is 0 Å². The molecule has 0 spiro atoms. The van der Waals surface area contributed by atoms with Crippen LogP contribution >= 0.6 is 11.6 Å². The highest BCUT2D eigenvalue weighted by molar-refractivity contribution is 6.62. The fourth-order valence-corrected chi connectivity index (χ4v) is 1.23. The van der Waals surface area contributed by atoms with Crippen LogP contribution in [-0.2, 0) is 0 Å². The molecule has 5 heteroatoms. The Morgan fingerprint density at radius 2 is 2.08 bits per heavy atom. The van der Waals surface area contributed by atoms with Crippen molar-refractivity contribution >= 4 is 30.0 Å². The van der Waals surface area contributed by atoms with E-state index >= 15 is 0 Å². The summed E-state index contributed by atoms with van der Waals surface area (Å²) in [5, 5.41) is 17.8. The third-order valence-corrected chi connectivity index (χ3v) is 2.01. The van der Waals surface area contributed by atoms with Crippen LogP contribution in [0.4, 0.5) is 0 Å². The van der Waals surface area contributed by atoms with E-state index in [-0.39, 0.29) is 16.3 Å². The molecule has 0 bridgehead atoms. The van der Waals surface area contributed by atoms with E-state index in [2.05, 4.69) is 0 Å². The summed E-state index contributed by atoms with van der Waals surface area (Å²) < 4.78 is 0. The molecule has 2 N–H and O–H groups in total. The summed E-state index contributed by atoms with van der Waals surface area (Å²) in [5.74, 6) is -0.110. The highest BCUT2D eigenvalue weighted by Gasteiger charge is 2.15. The van der Waals surface area contributed by atoms with Crippen molar-refractivity contribution in [1.82, 2.24) is 0 Å². The van der Waals surface area contributed by atoms with Crippen LogP contribution in [0, 0.1) is 0 Å². The van der Waals surface area contributed by atoms with E-state index in [9.17, 15) is 4.79 Å². The predicted molar refractivity (Wildman–Crippen MR) is 51.3 cm³/mol. The summed E-state index contributed by atoms with van der Waals surface area (Å²) in [6.07, 6.45) is 0. The Morgan fingerprint density at radius 3 is 2.46 bits per heavy atom. The van der Waals surface area contributed by atoms with Gasteiger partial charge in [-0.25, -0.2) is 0 Å². The zero-order chi connectivity index (χ0) is 10.0. The Bertz CT molecular complexity index is 338. The maximum absolute atomic E-state index is 10.9. The molecule has 68 valence electrons. The molecule has 0 aromatic heterocycles. The summed E-state index contributed by atoms with van der Waals surface area (Å²) in [6.45, 7) is 1.42. The molecule has 0 saturated heterocycles. The molecule has 0 saturated carbocycles. The minimum atomic E-state index is -1.60. The third kappa shape index (κ3) is 2.31. The first-order valence-corrected chi connectivity index (χ1v) is 4.06. The molecule has 0 heterocycles. The fourth-order valence-electron chi connectivity index (χ4n) is 0.956. The van der Waals surface area contributed by atoms with Gasteiger partial charge in [-0.1, -0.05) is 23.7 Å². The molecule has 3 nitrogen and oxygen atoms in total. The molecule has 0 aliphatic heterocycles. The second-order valence-corrected chi connectivity index (χ2v) is 3.07. The van der Waals surface area contributed by atoms with Crippen LogP contribution in [0.1, 0.15) is 17.3 Å². The number of ketones is 1. The number of hydrogen-bond donors (Lipinski definition) is 2. The lowest BCUT2D eigenvalue weighted by Gasteiger charge is -2.03. The zero-order valence-electron chi connectivity index (χ0n) is 6.99. The smallest absolute Gasteiger partial charge is 0.423 e. The molecule has 13 heavy (non-hydrogen) atoms. The van der Waals surface area contributed by atoms with Crippen molar-refractivity contribution < 1.29 is 14.8 Å². The second-order valence-electron chi connectivity index (χ2n) is 2.67. The van der Waals surface area contributed by atoms with Gasteiger partial charge in [-0.15, -0.1) is 0 Å². The van der Waals surface area contributed by atoms with Crippen molar-refractivity contribution in [2.75, 3.05) is 0 Å². The average Bonchev–Trinajstić information content (AvgIpc) is 2.03. The van der Waals surface area contributed by atoms with Crippen LogP contribution in [0.3, 0.4) is 0 Å². The van der Waals surface area contributed by atoms with E-state index in [4.69, 9.17) is 21.6 Å². The monoisotopic (exact) mass is 198 g/mol. The summed E-state index contributed by atoms with van der Waals surface area (Å²) in [7, 11) is -1.60. The molecule has 1 aromatic carbocycles. The molecular formula is C8H8BClO3. The van der Waals surface area contributed by atoms with E-state index in [1.54, 1.807) is 0 Å². The number of carbonyl (C=O) groups excluding carboxylic acids is 1. The van der Waals surface area contributed by atoms with Crippen molar-refractivity contribution in [3.05, 3.63) is 28.8 Å². The normalized spacial score (nSPS) is 9.85. The average molecular weight is 198 g/mol. The largest absolute Gasteiger partial charge is 0.489 e. The molecule has 1 aromatic rings. The topological polar surface area (TPSA) is 57.5 Å². The molecular weight excluding hydrogens is 190 g/mol. The van der Waals surface area contributed by atoms with Gasteiger partial charge in [0.15, 0.2) is 5.78 Å². The quantitative estimate of drug-likeness (QED) is 0.528. The Balaban J connectivity index is 3.13. The minimum Gasteiger partial charge on any atom is -0.423 e. The number of rotatable bonds is 2. The van der Waals surface area contributed by atoms with Crippen molar-refractivity contribution in [2.24, 2.45) is 0 Å². The van der Waals surface area contributed by atoms with Gasteiger partial charge in [0.05, 0.1) is 0 Å². The number of hydrogen-bond acceptors (Lipinski definition) is 3. The molecule has 0 radical (unpaired) electrons. The van der Waals surface area contributed by atoms with Gasteiger partial charge < -0.3 is 10.0 Å². The lowest BCUT2D eigenvalue weighted by atomic mass is 9.80. The third-order valence-electron chi connectivity index (χ3n) is 1.69. The SMILES string of the molecule is CC(=O)c1ccc(B(O)O)c(Cl)c1. The van der Waals surface area contributed by atoms with Crippen LogP contribution in [0.25, 0.3) is 0 Å². The van der Waals surface area contributed by atoms with Crippen LogP contribution in [0.2, 0.25) is 5.02 Å². The summed E-state index contributed by atoms with van der Waals surface area (Å²) in [5.41, 5.74) is 0.654. The highest BCUT2D eigenvalue weighted by Crippen LogP contribution is 2.09. The molecule has 1 rings (SSSR count). The van der Waals surface area contributed by atoms with E-state index < -0.39 is 7.12 Å². The molecule has 0 aliphatic carbocycles. The zero-order valence-corrected chi connectivity index (χ0v) is 7.75. The van der Waals surface area contributed by atoms with Crippen LogP contribution in [0.15, 0.2) is 18.2 Å². The van der Waals surface area contributed by atoms with Gasteiger partial charge >= 0.3 is 7.12 Å². The Kier molecular flexibility index (Phi) is 3.09. The summed E-state index contributed by atoms with van der Waals surface area (Å²) >= 11 is 5.70. The summed E-state index contributed by atoms with van der Waals surface area (Å²) in [6, 6.07) is 4.34. The van der Waals surface area contributed by atoms with Crippen molar-refractivity contribution in [3.63, 3.8) is 0 Å². The van der Waals surface area contributed by atoms with E-state index in [0.717, 1.165) is 0 Å². The maximum Gasteiger partial charge on any atom is 0.489 e. The van der Waals surface area contributed by atoms with Gasteiger partial charge in [0.25, 0.3) is 0 Å². The molecule has 0 atom stereocenters. The molecule has 0 fully saturated rings. The number of halogens is 1. The maximum atomic E-state index is 10.9. The second kappa shape index (κ2) is 3.92. The van der Waals surface area contributed by atoms with Crippen molar-refractivity contribution in [3.8, 4) is 0 Å². The molecule has 0 aliphatic rings. The fraction of sp³-hybridized carbons (Fsp3) is 0.125. The Morgan fingerprint density at radius 1 is 1.46 bits per heavy atom. The van der Waals surface area contributed by atoms with Gasteiger partial charge in [0, 0.05) is 16.0 Å². The molecule has 0 amide bonds. The van der Waals surface area contributed by atoms with E-state index in [1.165, 1.54) is 25.1 Å². The molecule has 0 unspecified atom stereocenters. The van der Waals surface area contributed by atoms with Gasteiger partial charge in [-0.2, -0.15) is 0 Å². The first-order chi connectivity index (χ1) is 6.02. The van der Waals surface area contributed by atoms with Crippen LogP contribution < -0.4 is 5.46 Å². The van der Waals surface area contributed by atoms with Crippen molar-refractivity contribution in [1.29, 1.82) is 0 Å². The van der Waals surface area contributed by atoms with Gasteiger partial charge in [-0.05, 0) is 13.0 Å². The lowest BCUT2D eigenvalue weighted by Crippen LogP contribution is -2.30.